The molecule has 5 rings (SSSR count). The van der Waals surface area contributed by atoms with E-state index in [0.29, 0.717) is 35.8 Å². The Bertz CT molecular complexity index is 1300. The van der Waals surface area contributed by atoms with Crippen molar-refractivity contribution >= 4 is 34.8 Å². The van der Waals surface area contributed by atoms with E-state index in [9.17, 15) is 4.79 Å². The third-order valence-electron chi connectivity index (χ3n) is 6.93. The van der Waals surface area contributed by atoms with Crippen molar-refractivity contribution in [3.63, 3.8) is 0 Å². The molecule has 35 heavy (non-hydrogen) atoms. The van der Waals surface area contributed by atoms with Crippen LogP contribution in [0.15, 0.2) is 65.0 Å². The van der Waals surface area contributed by atoms with E-state index < -0.39 is 0 Å². The Morgan fingerprint density at radius 2 is 1.86 bits per heavy atom. The van der Waals surface area contributed by atoms with Crippen molar-refractivity contribution in [2.75, 3.05) is 18.1 Å². The van der Waals surface area contributed by atoms with Gasteiger partial charge in [-0.2, -0.15) is 0 Å². The van der Waals surface area contributed by atoms with Crippen molar-refractivity contribution in [2.45, 2.75) is 52.1 Å². The molecule has 2 aliphatic rings. The van der Waals surface area contributed by atoms with E-state index in [1.807, 2.05) is 54.3 Å². The SMILES string of the molecule is Cc1nc2n(c(=O)c1Cc1ccccc1)CN(CCC1=CCCCC1)CN2c1ccc(Cl)cc1Cl. The van der Waals surface area contributed by atoms with Gasteiger partial charge in [0.15, 0.2) is 0 Å². The lowest BCUT2D eigenvalue weighted by Crippen LogP contribution is -2.48. The second-order valence-electron chi connectivity index (χ2n) is 9.43. The van der Waals surface area contributed by atoms with Gasteiger partial charge in [0.05, 0.1) is 29.7 Å². The van der Waals surface area contributed by atoms with Crippen LogP contribution in [0.3, 0.4) is 0 Å². The summed E-state index contributed by atoms with van der Waals surface area (Å²) in [5.74, 6) is 0.627. The van der Waals surface area contributed by atoms with Gasteiger partial charge >= 0.3 is 0 Å². The number of hydrogen-bond acceptors (Lipinski definition) is 4. The van der Waals surface area contributed by atoms with Gasteiger partial charge < -0.3 is 0 Å². The Morgan fingerprint density at radius 3 is 2.60 bits per heavy atom. The number of anilines is 2. The van der Waals surface area contributed by atoms with Gasteiger partial charge in [-0.1, -0.05) is 65.2 Å². The fourth-order valence-corrected chi connectivity index (χ4v) is 5.50. The lowest BCUT2D eigenvalue weighted by atomic mass is 9.97. The lowest BCUT2D eigenvalue weighted by Gasteiger charge is -2.39. The normalized spacial score (nSPS) is 16.2. The Kier molecular flexibility index (Phi) is 7.28. The highest BCUT2D eigenvalue weighted by Crippen LogP contribution is 2.35. The number of aryl methyl sites for hydroxylation is 1. The molecule has 0 N–H and O–H groups in total. The van der Waals surface area contributed by atoms with Crippen LogP contribution in [0, 0.1) is 6.92 Å². The van der Waals surface area contributed by atoms with E-state index in [1.165, 1.54) is 31.3 Å². The second-order valence-corrected chi connectivity index (χ2v) is 10.3. The summed E-state index contributed by atoms with van der Waals surface area (Å²) in [7, 11) is 0. The van der Waals surface area contributed by atoms with Gasteiger partial charge in [0.1, 0.15) is 0 Å². The molecule has 3 aromatic rings. The lowest BCUT2D eigenvalue weighted by molar-refractivity contribution is 0.199. The average Bonchev–Trinajstić information content (AvgIpc) is 2.87. The first-order chi connectivity index (χ1) is 17.0. The largest absolute Gasteiger partial charge is 0.297 e. The quantitative estimate of drug-likeness (QED) is 0.347. The topological polar surface area (TPSA) is 41.4 Å². The summed E-state index contributed by atoms with van der Waals surface area (Å²) in [6.07, 6.45) is 8.88. The molecule has 2 aromatic carbocycles. The number of benzene rings is 2. The standard InChI is InChI=1S/C28H30Cl2N4O/c1-20-24(16-22-10-6-3-7-11-22)27(35)34-19-32(15-14-21-8-4-2-5-9-21)18-33(28(34)31-20)26-13-12-23(29)17-25(26)30/h3,6-8,10-13,17H,2,4-5,9,14-16,18-19H2,1H3. The first-order valence-electron chi connectivity index (χ1n) is 12.3. The molecule has 1 aromatic heterocycles. The Labute approximate surface area is 216 Å². The predicted molar refractivity (Wildman–Crippen MR) is 144 cm³/mol. The smallest absolute Gasteiger partial charge is 0.259 e. The van der Waals surface area contributed by atoms with Gasteiger partial charge in [-0.15, -0.1) is 0 Å². The average molecular weight is 509 g/mol. The van der Waals surface area contributed by atoms with Gasteiger partial charge in [0, 0.05) is 23.6 Å². The first-order valence-corrected chi connectivity index (χ1v) is 13.0. The van der Waals surface area contributed by atoms with Crippen LogP contribution in [0.25, 0.3) is 0 Å². The number of allylic oxidation sites excluding steroid dienone is 1. The van der Waals surface area contributed by atoms with E-state index in [1.54, 1.807) is 10.6 Å². The zero-order chi connectivity index (χ0) is 24.4. The molecule has 0 atom stereocenters. The van der Waals surface area contributed by atoms with E-state index in [0.717, 1.165) is 35.5 Å². The van der Waals surface area contributed by atoms with Crippen LogP contribution in [0.5, 0.6) is 0 Å². The minimum absolute atomic E-state index is 0.00743. The highest BCUT2D eigenvalue weighted by molar-refractivity contribution is 6.36. The number of hydrogen-bond donors (Lipinski definition) is 0. The van der Waals surface area contributed by atoms with Gasteiger partial charge in [-0.25, -0.2) is 4.98 Å². The fraction of sp³-hybridized carbons (Fsp3) is 0.357. The molecule has 0 bridgehead atoms. The van der Waals surface area contributed by atoms with Crippen LogP contribution in [0.2, 0.25) is 10.0 Å². The molecule has 0 radical (unpaired) electrons. The second kappa shape index (κ2) is 10.6. The molecular weight excluding hydrogens is 479 g/mol. The first kappa shape index (κ1) is 24.1. The van der Waals surface area contributed by atoms with E-state index >= 15 is 0 Å². The summed E-state index contributed by atoms with van der Waals surface area (Å²) < 4.78 is 1.80. The minimum atomic E-state index is 0.00743. The molecule has 2 heterocycles. The number of aromatic nitrogens is 2. The molecule has 0 spiro atoms. The summed E-state index contributed by atoms with van der Waals surface area (Å²) in [4.78, 5) is 23.1. The molecule has 0 saturated carbocycles. The van der Waals surface area contributed by atoms with Crippen LogP contribution in [0.4, 0.5) is 11.6 Å². The molecular formula is C28H30Cl2N4O. The Morgan fingerprint density at radius 1 is 1.03 bits per heavy atom. The predicted octanol–water partition coefficient (Wildman–Crippen LogP) is 6.71. The number of rotatable bonds is 6. The maximum atomic E-state index is 13.8. The number of halogens is 2. The third-order valence-corrected chi connectivity index (χ3v) is 7.47. The summed E-state index contributed by atoms with van der Waals surface area (Å²) in [6, 6.07) is 15.6. The summed E-state index contributed by atoms with van der Waals surface area (Å²) in [6.45, 7) is 3.92. The van der Waals surface area contributed by atoms with Crippen molar-refractivity contribution in [2.24, 2.45) is 0 Å². The van der Waals surface area contributed by atoms with Gasteiger partial charge in [0.25, 0.3) is 5.56 Å². The van der Waals surface area contributed by atoms with Crippen molar-refractivity contribution in [1.29, 1.82) is 0 Å². The van der Waals surface area contributed by atoms with E-state index in [2.05, 4.69) is 11.0 Å². The molecule has 0 amide bonds. The maximum absolute atomic E-state index is 13.8. The van der Waals surface area contributed by atoms with Crippen LogP contribution in [-0.2, 0) is 13.1 Å². The summed E-state index contributed by atoms with van der Waals surface area (Å²) in [5.41, 5.74) is 4.92. The molecule has 0 fully saturated rings. The highest BCUT2D eigenvalue weighted by atomic mass is 35.5. The number of fused-ring (bicyclic) bond motifs is 1. The fourth-order valence-electron chi connectivity index (χ4n) is 4.99. The zero-order valence-corrected chi connectivity index (χ0v) is 21.5. The molecule has 182 valence electrons. The number of nitrogens with zero attached hydrogens (tertiary/aromatic N) is 4. The van der Waals surface area contributed by atoms with Crippen molar-refractivity contribution in [1.82, 2.24) is 14.5 Å². The van der Waals surface area contributed by atoms with Crippen LogP contribution in [0.1, 0.15) is 48.9 Å². The van der Waals surface area contributed by atoms with Gasteiger partial charge in [-0.05, 0) is 62.8 Å². The zero-order valence-electron chi connectivity index (χ0n) is 20.0. The third kappa shape index (κ3) is 5.32. The van der Waals surface area contributed by atoms with Crippen LogP contribution >= 0.6 is 23.2 Å². The minimum Gasteiger partial charge on any atom is -0.297 e. The van der Waals surface area contributed by atoms with Crippen molar-refractivity contribution < 1.29 is 0 Å². The highest BCUT2D eigenvalue weighted by Gasteiger charge is 2.29. The van der Waals surface area contributed by atoms with E-state index in [4.69, 9.17) is 28.2 Å². The maximum Gasteiger partial charge on any atom is 0.259 e. The van der Waals surface area contributed by atoms with Crippen LogP contribution in [-0.4, -0.2) is 27.7 Å². The van der Waals surface area contributed by atoms with Gasteiger partial charge in [0.2, 0.25) is 5.95 Å². The molecule has 7 heteroatoms. The van der Waals surface area contributed by atoms with Crippen LogP contribution < -0.4 is 10.5 Å². The van der Waals surface area contributed by atoms with E-state index in [-0.39, 0.29) is 5.56 Å². The molecule has 0 unspecified atom stereocenters. The molecule has 5 nitrogen and oxygen atoms in total. The van der Waals surface area contributed by atoms with Crippen molar-refractivity contribution in [3.05, 3.63) is 97.4 Å². The Hall–Kier alpha value is -2.60. The Balaban J connectivity index is 1.53. The summed E-state index contributed by atoms with van der Waals surface area (Å²) >= 11 is 12.8. The summed E-state index contributed by atoms with van der Waals surface area (Å²) in [5, 5.41) is 1.12. The molecule has 0 saturated heterocycles. The van der Waals surface area contributed by atoms with Crippen molar-refractivity contribution in [3.8, 4) is 0 Å². The van der Waals surface area contributed by atoms with Gasteiger partial charge in [-0.3, -0.25) is 19.2 Å². The molecule has 1 aliphatic heterocycles. The monoisotopic (exact) mass is 508 g/mol. The molecule has 1 aliphatic carbocycles.